The lowest BCUT2D eigenvalue weighted by molar-refractivity contribution is 0.154. The topological polar surface area (TPSA) is 74.4 Å². The fourth-order valence-corrected chi connectivity index (χ4v) is 1.25. The van der Waals surface area contributed by atoms with Crippen LogP contribution in [0, 0.1) is 0 Å². The van der Waals surface area contributed by atoms with Gasteiger partial charge in [-0.15, -0.1) is 5.10 Å². The van der Waals surface area contributed by atoms with Crippen molar-refractivity contribution in [3.63, 3.8) is 0 Å². The lowest BCUT2D eigenvalue weighted by Crippen LogP contribution is -2.29. The number of hydrogen-bond acceptors (Lipinski definition) is 5. The van der Waals surface area contributed by atoms with E-state index in [-0.39, 0.29) is 13.2 Å². The number of rotatable bonds is 6. The van der Waals surface area contributed by atoms with Gasteiger partial charge in [-0.1, -0.05) is 5.21 Å². The number of nitrogens with zero attached hydrogens (tertiary/aromatic N) is 4. The molecule has 0 saturated heterocycles. The van der Waals surface area contributed by atoms with E-state index in [9.17, 15) is 0 Å². The summed E-state index contributed by atoms with van der Waals surface area (Å²) in [6.45, 7) is 1.85. The first-order valence-electron chi connectivity index (χ1n) is 4.55. The molecule has 6 nitrogen and oxygen atoms in total. The molecule has 0 aliphatic carbocycles. The fraction of sp³-hybridized carbons (Fsp3) is 0.750. The molecule has 0 aromatic carbocycles. The Morgan fingerprint density at radius 1 is 1.36 bits per heavy atom. The highest BCUT2D eigenvalue weighted by atomic mass is 16.3. The molecule has 0 amide bonds. The molecule has 1 aromatic heterocycles. The van der Waals surface area contributed by atoms with Crippen LogP contribution in [0.1, 0.15) is 5.69 Å². The SMILES string of the molecule is Cn1cc(CN(CCO)CCO)nn1. The second kappa shape index (κ2) is 5.69. The van der Waals surface area contributed by atoms with E-state index >= 15 is 0 Å². The van der Waals surface area contributed by atoms with E-state index in [2.05, 4.69) is 10.3 Å². The monoisotopic (exact) mass is 200 g/mol. The standard InChI is InChI=1S/C8H16N4O2/c1-11-6-8(9-10-11)7-12(2-4-13)3-5-14/h6,13-14H,2-5,7H2,1H3. The maximum absolute atomic E-state index is 8.78. The van der Waals surface area contributed by atoms with Gasteiger partial charge in [-0.05, 0) is 0 Å². The Morgan fingerprint density at radius 3 is 2.43 bits per heavy atom. The maximum Gasteiger partial charge on any atom is 0.0967 e. The molecule has 1 aromatic rings. The summed E-state index contributed by atoms with van der Waals surface area (Å²) in [5.74, 6) is 0. The first kappa shape index (κ1) is 11.1. The maximum atomic E-state index is 8.78. The Bertz CT molecular complexity index is 258. The first-order valence-corrected chi connectivity index (χ1v) is 4.55. The third-order valence-corrected chi connectivity index (χ3v) is 1.87. The van der Waals surface area contributed by atoms with E-state index in [0.29, 0.717) is 19.6 Å². The van der Waals surface area contributed by atoms with Crippen LogP contribution < -0.4 is 0 Å². The molecule has 0 aliphatic heterocycles. The zero-order chi connectivity index (χ0) is 10.4. The van der Waals surface area contributed by atoms with Crippen molar-refractivity contribution in [1.29, 1.82) is 0 Å². The summed E-state index contributed by atoms with van der Waals surface area (Å²) in [4.78, 5) is 1.92. The van der Waals surface area contributed by atoms with E-state index in [1.54, 1.807) is 11.7 Å². The van der Waals surface area contributed by atoms with Gasteiger partial charge in [-0.25, -0.2) is 0 Å². The van der Waals surface area contributed by atoms with Crippen LogP contribution in [0.25, 0.3) is 0 Å². The molecule has 1 rings (SSSR count). The van der Waals surface area contributed by atoms with Crippen molar-refractivity contribution >= 4 is 0 Å². The van der Waals surface area contributed by atoms with E-state index in [1.165, 1.54) is 0 Å². The highest BCUT2D eigenvalue weighted by molar-refractivity contribution is 4.91. The van der Waals surface area contributed by atoms with E-state index in [0.717, 1.165) is 5.69 Å². The Balaban J connectivity index is 2.46. The molecule has 0 radical (unpaired) electrons. The third kappa shape index (κ3) is 3.41. The van der Waals surface area contributed by atoms with Crippen LogP contribution >= 0.6 is 0 Å². The Morgan fingerprint density at radius 2 is 2.00 bits per heavy atom. The van der Waals surface area contributed by atoms with Gasteiger partial charge >= 0.3 is 0 Å². The van der Waals surface area contributed by atoms with E-state index in [1.807, 2.05) is 11.1 Å². The molecular formula is C8H16N4O2. The summed E-state index contributed by atoms with van der Waals surface area (Å²) in [5, 5.41) is 25.3. The molecule has 0 spiro atoms. The van der Waals surface area contributed by atoms with Crippen molar-refractivity contribution in [3.05, 3.63) is 11.9 Å². The van der Waals surface area contributed by atoms with Gasteiger partial charge in [-0.2, -0.15) is 0 Å². The second-order valence-electron chi connectivity index (χ2n) is 3.11. The molecular weight excluding hydrogens is 184 g/mol. The van der Waals surface area contributed by atoms with Crippen molar-refractivity contribution in [2.45, 2.75) is 6.54 Å². The van der Waals surface area contributed by atoms with E-state index in [4.69, 9.17) is 10.2 Å². The van der Waals surface area contributed by atoms with Gasteiger partial charge in [0.15, 0.2) is 0 Å². The van der Waals surface area contributed by atoms with Crippen molar-refractivity contribution in [1.82, 2.24) is 19.9 Å². The number of aryl methyl sites for hydroxylation is 1. The summed E-state index contributed by atoms with van der Waals surface area (Å²) >= 11 is 0. The lowest BCUT2D eigenvalue weighted by Gasteiger charge is -2.18. The Hall–Kier alpha value is -0.980. The van der Waals surface area contributed by atoms with Gasteiger partial charge in [0.2, 0.25) is 0 Å². The predicted molar refractivity (Wildman–Crippen MR) is 50.5 cm³/mol. The van der Waals surface area contributed by atoms with Crippen LogP contribution in [0.15, 0.2) is 6.20 Å². The molecule has 0 unspecified atom stereocenters. The molecule has 0 fully saturated rings. The van der Waals surface area contributed by atoms with Crippen LogP contribution in [-0.2, 0) is 13.6 Å². The predicted octanol–water partition coefficient (Wildman–Crippen LogP) is -1.40. The molecule has 0 aliphatic rings. The normalized spacial score (nSPS) is 11.1. The summed E-state index contributed by atoms with van der Waals surface area (Å²) in [7, 11) is 1.80. The zero-order valence-electron chi connectivity index (χ0n) is 8.30. The number of aliphatic hydroxyl groups excluding tert-OH is 2. The third-order valence-electron chi connectivity index (χ3n) is 1.87. The summed E-state index contributed by atoms with van der Waals surface area (Å²) in [5.41, 5.74) is 0.842. The molecule has 0 saturated carbocycles. The summed E-state index contributed by atoms with van der Waals surface area (Å²) in [6, 6.07) is 0. The molecule has 14 heavy (non-hydrogen) atoms. The molecule has 0 atom stereocenters. The number of hydrogen-bond donors (Lipinski definition) is 2. The van der Waals surface area contributed by atoms with Crippen LogP contribution in [0.4, 0.5) is 0 Å². The van der Waals surface area contributed by atoms with Crippen LogP contribution in [0.2, 0.25) is 0 Å². The molecule has 80 valence electrons. The van der Waals surface area contributed by atoms with Gasteiger partial charge in [0, 0.05) is 32.9 Å². The minimum absolute atomic E-state index is 0.0836. The molecule has 6 heteroatoms. The quantitative estimate of drug-likeness (QED) is 0.591. The first-order chi connectivity index (χ1) is 6.76. The van der Waals surface area contributed by atoms with Gasteiger partial charge in [0.05, 0.1) is 18.9 Å². The van der Waals surface area contributed by atoms with Crippen molar-refractivity contribution < 1.29 is 10.2 Å². The van der Waals surface area contributed by atoms with Crippen LogP contribution in [-0.4, -0.2) is 56.4 Å². The zero-order valence-corrected chi connectivity index (χ0v) is 8.30. The summed E-state index contributed by atoms with van der Waals surface area (Å²) in [6.07, 6.45) is 1.82. The van der Waals surface area contributed by atoms with Crippen molar-refractivity contribution in [2.75, 3.05) is 26.3 Å². The van der Waals surface area contributed by atoms with Gasteiger partial charge in [0.1, 0.15) is 0 Å². The fourth-order valence-electron chi connectivity index (χ4n) is 1.25. The van der Waals surface area contributed by atoms with Gasteiger partial charge in [0.25, 0.3) is 0 Å². The Labute approximate surface area is 82.8 Å². The minimum atomic E-state index is 0.0836. The van der Waals surface area contributed by atoms with Gasteiger partial charge < -0.3 is 10.2 Å². The lowest BCUT2D eigenvalue weighted by atomic mass is 10.4. The second-order valence-corrected chi connectivity index (χ2v) is 3.11. The van der Waals surface area contributed by atoms with Crippen LogP contribution in [0.3, 0.4) is 0 Å². The van der Waals surface area contributed by atoms with Gasteiger partial charge in [-0.3, -0.25) is 9.58 Å². The number of aromatic nitrogens is 3. The smallest absolute Gasteiger partial charge is 0.0967 e. The van der Waals surface area contributed by atoms with Crippen molar-refractivity contribution in [2.24, 2.45) is 7.05 Å². The highest BCUT2D eigenvalue weighted by Crippen LogP contribution is 1.98. The molecule has 0 bridgehead atoms. The number of aliphatic hydroxyl groups is 2. The largest absolute Gasteiger partial charge is 0.395 e. The van der Waals surface area contributed by atoms with Crippen molar-refractivity contribution in [3.8, 4) is 0 Å². The minimum Gasteiger partial charge on any atom is -0.395 e. The molecule has 2 N–H and O–H groups in total. The van der Waals surface area contributed by atoms with Crippen LogP contribution in [0.5, 0.6) is 0 Å². The Kier molecular flexibility index (Phi) is 4.51. The highest BCUT2D eigenvalue weighted by Gasteiger charge is 2.06. The summed E-state index contributed by atoms with van der Waals surface area (Å²) < 4.78 is 1.63. The average Bonchev–Trinajstić information content (AvgIpc) is 2.52. The average molecular weight is 200 g/mol. The molecule has 1 heterocycles. The van der Waals surface area contributed by atoms with E-state index < -0.39 is 0 Å².